The Balaban J connectivity index is 2.79. The first-order chi connectivity index (χ1) is 8.21. The third-order valence-corrected chi connectivity index (χ3v) is 3.91. The Kier molecular flexibility index (Phi) is 5.87. The number of halogens is 2. The van der Waals surface area contributed by atoms with E-state index in [0.29, 0.717) is 5.02 Å². The number of benzene rings is 1. The summed E-state index contributed by atoms with van der Waals surface area (Å²) in [6, 6.07) is 4.67. The first kappa shape index (κ1) is 16.2. The molecule has 1 aromatic rings. The molecule has 0 radical (unpaired) electrons. The van der Waals surface area contributed by atoms with E-state index < -0.39 is 6.72 Å². The molecule has 1 N–H and O–H groups in total. The van der Waals surface area contributed by atoms with Gasteiger partial charge in [0.15, 0.2) is 0 Å². The summed E-state index contributed by atoms with van der Waals surface area (Å²) < 4.78 is 10.4. The Labute approximate surface area is 122 Å². The van der Waals surface area contributed by atoms with Gasteiger partial charge in [-0.25, -0.2) is 4.62 Å². The van der Waals surface area contributed by atoms with E-state index >= 15 is 0 Å². The fraction of sp³-hybridized carbons (Fsp3) is 0.400. The summed E-state index contributed by atoms with van der Waals surface area (Å²) in [6.07, 6.45) is 0. The van der Waals surface area contributed by atoms with Crippen LogP contribution < -0.4 is 4.52 Å². The van der Waals surface area contributed by atoms with Gasteiger partial charge in [-0.3, -0.25) is 0 Å². The smallest absolute Gasteiger partial charge is 0.395 e. The summed E-state index contributed by atoms with van der Waals surface area (Å²) in [5.74, 6) is 0.240. The topological polar surface area (TPSA) is 41.9 Å². The van der Waals surface area contributed by atoms with E-state index in [1.807, 2.05) is 13.8 Å². The molecule has 1 rings (SSSR count). The highest BCUT2D eigenvalue weighted by molar-refractivity contribution is 8.07. The average molecular weight is 330 g/mol. The van der Waals surface area contributed by atoms with Crippen LogP contribution in [0.1, 0.15) is 13.8 Å². The maximum atomic E-state index is 9.93. The Morgan fingerprint density at radius 2 is 2.00 bits per heavy atom. The Hall–Kier alpha value is 0.130. The van der Waals surface area contributed by atoms with Crippen LogP contribution in [-0.4, -0.2) is 23.0 Å². The molecule has 1 atom stereocenters. The van der Waals surface area contributed by atoms with Crippen LogP contribution in [-0.2, 0) is 16.4 Å². The quantitative estimate of drug-likeness (QED) is 0.656. The number of hydrogen-bond donors (Lipinski definition) is 1. The molecule has 0 spiro atoms. The van der Waals surface area contributed by atoms with Crippen LogP contribution in [0.15, 0.2) is 18.2 Å². The molecule has 0 fully saturated rings. The van der Waals surface area contributed by atoms with Crippen LogP contribution in [0.5, 0.6) is 5.75 Å². The van der Waals surface area contributed by atoms with E-state index in [0.717, 1.165) is 0 Å². The summed E-state index contributed by atoms with van der Waals surface area (Å²) >= 11 is 16.6. The first-order valence-electron chi connectivity index (χ1n) is 5.11. The fourth-order valence-corrected chi connectivity index (χ4v) is 2.96. The van der Waals surface area contributed by atoms with Gasteiger partial charge in [-0.2, -0.15) is 5.06 Å². The highest BCUT2D eigenvalue weighted by Gasteiger charge is 2.22. The molecule has 0 heterocycles. The molecule has 4 nitrogen and oxygen atoms in total. The van der Waals surface area contributed by atoms with Crippen LogP contribution >= 0.6 is 29.9 Å². The Morgan fingerprint density at radius 1 is 1.39 bits per heavy atom. The molecule has 1 unspecified atom stereocenters. The van der Waals surface area contributed by atoms with Crippen molar-refractivity contribution in [2.24, 2.45) is 0 Å². The molecule has 102 valence electrons. The maximum Gasteiger partial charge on any atom is 0.395 e. The van der Waals surface area contributed by atoms with Gasteiger partial charge in [0.2, 0.25) is 0 Å². The van der Waals surface area contributed by atoms with Gasteiger partial charge >= 0.3 is 6.72 Å². The second-order valence-electron chi connectivity index (χ2n) is 3.86. The molecule has 0 saturated carbocycles. The van der Waals surface area contributed by atoms with Crippen LogP contribution in [0.3, 0.4) is 0 Å². The normalized spacial score (nSPS) is 14.9. The van der Waals surface area contributed by atoms with Gasteiger partial charge in [0.25, 0.3) is 0 Å². The highest BCUT2D eigenvalue weighted by atomic mass is 35.5. The molecule has 0 saturated heterocycles. The second-order valence-corrected chi connectivity index (χ2v) is 7.37. The van der Waals surface area contributed by atoms with E-state index in [4.69, 9.17) is 44.2 Å². The molecule has 0 bridgehead atoms. The minimum atomic E-state index is -3.43. The minimum Gasteiger partial charge on any atom is -0.422 e. The SMILES string of the molecule is CC(C)N(C)OP(O)(=S)Oc1ccc(Cl)cc1Cl. The van der Waals surface area contributed by atoms with E-state index in [2.05, 4.69) is 0 Å². The molecular formula is C10H14Cl2NO3PS. The second kappa shape index (κ2) is 6.53. The van der Waals surface area contributed by atoms with Crippen molar-refractivity contribution in [2.75, 3.05) is 7.05 Å². The molecule has 0 amide bonds. The van der Waals surface area contributed by atoms with Crippen LogP contribution in [0, 0.1) is 0 Å². The van der Waals surface area contributed by atoms with Crippen molar-refractivity contribution >= 4 is 41.7 Å². The zero-order valence-electron chi connectivity index (χ0n) is 10.1. The van der Waals surface area contributed by atoms with E-state index in [1.165, 1.54) is 17.2 Å². The molecular weight excluding hydrogens is 316 g/mol. The number of hydroxylamine groups is 2. The van der Waals surface area contributed by atoms with E-state index in [-0.39, 0.29) is 16.8 Å². The third-order valence-electron chi connectivity index (χ3n) is 2.07. The first-order valence-corrected chi connectivity index (χ1v) is 8.46. The zero-order chi connectivity index (χ0) is 13.9. The molecule has 18 heavy (non-hydrogen) atoms. The minimum absolute atomic E-state index is 0.0590. The summed E-state index contributed by atoms with van der Waals surface area (Å²) in [7, 11) is 1.66. The van der Waals surface area contributed by atoms with Crippen molar-refractivity contribution < 1.29 is 14.0 Å². The predicted molar refractivity (Wildman–Crippen MR) is 77.6 cm³/mol. The monoisotopic (exact) mass is 329 g/mol. The molecule has 1 aromatic carbocycles. The summed E-state index contributed by atoms with van der Waals surface area (Å²) in [6.45, 7) is 0.352. The van der Waals surface area contributed by atoms with Gasteiger partial charge in [0.05, 0.1) is 5.02 Å². The van der Waals surface area contributed by atoms with Crippen LogP contribution in [0.25, 0.3) is 0 Å². The van der Waals surface area contributed by atoms with Crippen molar-refractivity contribution in [1.82, 2.24) is 5.06 Å². The van der Waals surface area contributed by atoms with Crippen LogP contribution in [0.2, 0.25) is 10.0 Å². The zero-order valence-corrected chi connectivity index (χ0v) is 13.4. The van der Waals surface area contributed by atoms with Gasteiger partial charge in [-0.15, -0.1) is 0 Å². The Bertz CT molecular complexity index is 472. The van der Waals surface area contributed by atoms with Crippen molar-refractivity contribution in [3.8, 4) is 5.75 Å². The highest BCUT2D eigenvalue weighted by Crippen LogP contribution is 2.47. The largest absolute Gasteiger partial charge is 0.422 e. The van der Waals surface area contributed by atoms with E-state index in [1.54, 1.807) is 13.1 Å². The molecule has 0 aliphatic rings. The fourth-order valence-electron chi connectivity index (χ4n) is 0.947. The molecule has 0 aliphatic heterocycles. The van der Waals surface area contributed by atoms with Crippen molar-refractivity contribution in [2.45, 2.75) is 19.9 Å². The van der Waals surface area contributed by atoms with Crippen molar-refractivity contribution in [3.63, 3.8) is 0 Å². The summed E-state index contributed by atoms with van der Waals surface area (Å²) in [5.41, 5.74) is 0. The number of nitrogens with zero attached hydrogens (tertiary/aromatic N) is 1. The Morgan fingerprint density at radius 3 is 2.50 bits per heavy atom. The van der Waals surface area contributed by atoms with Gasteiger partial charge < -0.3 is 9.42 Å². The lowest BCUT2D eigenvalue weighted by Crippen LogP contribution is -2.26. The van der Waals surface area contributed by atoms with Crippen LogP contribution in [0.4, 0.5) is 0 Å². The lowest BCUT2D eigenvalue weighted by atomic mass is 10.3. The summed E-state index contributed by atoms with van der Waals surface area (Å²) in [5, 5.41) is 2.17. The third kappa shape index (κ3) is 5.02. The van der Waals surface area contributed by atoms with Gasteiger partial charge in [0, 0.05) is 29.9 Å². The van der Waals surface area contributed by atoms with Gasteiger partial charge in [-0.1, -0.05) is 23.2 Å². The lowest BCUT2D eigenvalue weighted by Gasteiger charge is -2.25. The predicted octanol–water partition coefficient (Wildman–Crippen LogP) is 3.86. The summed E-state index contributed by atoms with van der Waals surface area (Å²) in [4.78, 5) is 9.93. The standard InChI is InChI=1S/C10H14Cl2NO3PS/c1-7(2)13(3)16-17(14,18)15-10-5-4-8(11)6-9(10)12/h4-7H,1-3H3,(H,14,18). The van der Waals surface area contributed by atoms with Gasteiger partial charge in [-0.05, 0) is 32.0 Å². The molecule has 8 heteroatoms. The average Bonchev–Trinajstić information content (AvgIpc) is 2.21. The molecule has 0 aliphatic carbocycles. The number of rotatable bonds is 5. The maximum absolute atomic E-state index is 9.93. The van der Waals surface area contributed by atoms with Crippen molar-refractivity contribution in [3.05, 3.63) is 28.2 Å². The molecule has 0 aromatic heterocycles. The van der Waals surface area contributed by atoms with Gasteiger partial charge in [0.1, 0.15) is 5.75 Å². The lowest BCUT2D eigenvalue weighted by molar-refractivity contribution is -0.0680. The van der Waals surface area contributed by atoms with Crippen molar-refractivity contribution in [1.29, 1.82) is 0 Å². The van der Waals surface area contributed by atoms with E-state index in [9.17, 15) is 4.89 Å². The number of hydrogen-bond acceptors (Lipinski definition) is 4.